The van der Waals surface area contributed by atoms with Crippen LogP contribution in [-0.2, 0) is 7.05 Å². The van der Waals surface area contributed by atoms with Crippen molar-refractivity contribution in [1.29, 1.82) is 0 Å². The fourth-order valence-electron chi connectivity index (χ4n) is 1.85. The van der Waals surface area contributed by atoms with E-state index in [0.29, 0.717) is 5.56 Å². The third-order valence-corrected chi connectivity index (χ3v) is 3.33. The van der Waals surface area contributed by atoms with Gasteiger partial charge in [-0.15, -0.1) is 0 Å². The normalized spacial score (nSPS) is 12.7. The van der Waals surface area contributed by atoms with E-state index < -0.39 is 0 Å². The Labute approximate surface area is 108 Å². The number of nitrogens with zero attached hydrogens (tertiary/aromatic N) is 2. The van der Waals surface area contributed by atoms with Crippen LogP contribution in [0.2, 0.25) is 0 Å². The molecule has 2 rings (SSSR count). The van der Waals surface area contributed by atoms with Crippen LogP contribution in [0, 0.1) is 5.82 Å². The van der Waals surface area contributed by atoms with E-state index in [-0.39, 0.29) is 11.9 Å². The Morgan fingerprint density at radius 2 is 2.24 bits per heavy atom. The molecule has 1 unspecified atom stereocenters. The van der Waals surface area contributed by atoms with Crippen molar-refractivity contribution in [2.45, 2.75) is 6.04 Å². The predicted molar refractivity (Wildman–Crippen MR) is 68.2 cm³/mol. The molecule has 1 N–H and O–H groups in total. The lowest BCUT2D eigenvalue weighted by Gasteiger charge is -2.17. The van der Waals surface area contributed by atoms with E-state index in [4.69, 9.17) is 0 Å². The van der Waals surface area contributed by atoms with Gasteiger partial charge in [-0.2, -0.15) is 5.10 Å². The molecule has 1 atom stereocenters. The molecule has 2 aromatic rings. The van der Waals surface area contributed by atoms with E-state index in [0.717, 1.165) is 10.0 Å². The largest absolute Gasteiger partial charge is 0.309 e. The summed E-state index contributed by atoms with van der Waals surface area (Å²) in [5.74, 6) is -0.234. The number of rotatable bonds is 3. The van der Waals surface area contributed by atoms with Crippen LogP contribution >= 0.6 is 15.9 Å². The molecular formula is C12H13BrFN3. The van der Waals surface area contributed by atoms with Crippen LogP contribution < -0.4 is 5.32 Å². The van der Waals surface area contributed by atoms with Crippen molar-refractivity contribution in [3.8, 4) is 0 Å². The first-order valence-corrected chi connectivity index (χ1v) is 6.02. The molecule has 1 aromatic carbocycles. The zero-order chi connectivity index (χ0) is 12.4. The molecule has 17 heavy (non-hydrogen) atoms. The Morgan fingerprint density at radius 1 is 1.47 bits per heavy atom. The molecule has 0 fully saturated rings. The van der Waals surface area contributed by atoms with Gasteiger partial charge in [-0.3, -0.25) is 4.68 Å². The smallest absolute Gasteiger partial charge is 0.129 e. The van der Waals surface area contributed by atoms with Crippen molar-refractivity contribution in [1.82, 2.24) is 15.1 Å². The summed E-state index contributed by atoms with van der Waals surface area (Å²) in [5.41, 5.74) is 1.53. The fourth-order valence-corrected chi connectivity index (χ4v) is 2.42. The topological polar surface area (TPSA) is 29.9 Å². The van der Waals surface area contributed by atoms with E-state index >= 15 is 0 Å². The molecule has 0 radical (unpaired) electrons. The van der Waals surface area contributed by atoms with Gasteiger partial charge in [0.05, 0.1) is 12.2 Å². The highest BCUT2D eigenvalue weighted by molar-refractivity contribution is 9.10. The summed E-state index contributed by atoms with van der Waals surface area (Å²) in [6, 6.07) is 4.76. The van der Waals surface area contributed by atoms with E-state index in [1.54, 1.807) is 24.0 Å². The van der Waals surface area contributed by atoms with Gasteiger partial charge in [0.15, 0.2) is 0 Å². The van der Waals surface area contributed by atoms with E-state index in [1.165, 1.54) is 6.07 Å². The second-order valence-electron chi connectivity index (χ2n) is 3.80. The third kappa shape index (κ3) is 2.40. The molecule has 0 aliphatic carbocycles. The summed E-state index contributed by atoms with van der Waals surface area (Å²) < 4.78 is 16.3. The Balaban J connectivity index is 2.49. The lowest BCUT2D eigenvalue weighted by atomic mass is 10.0. The van der Waals surface area contributed by atoms with Crippen LogP contribution in [-0.4, -0.2) is 16.8 Å². The maximum absolute atomic E-state index is 13.9. The van der Waals surface area contributed by atoms with E-state index in [1.807, 2.05) is 19.3 Å². The zero-order valence-corrected chi connectivity index (χ0v) is 11.2. The predicted octanol–water partition coefficient (Wildman–Crippen LogP) is 2.63. The van der Waals surface area contributed by atoms with Crippen LogP contribution in [0.15, 0.2) is 35.1 Å². The highest BCUT2D eigenvalue weighted by Gasteiger charge is 2.20. The molecule has 0 saturated heterocycles. The highest BCUT2D eigenvalue weighted by atomic mass is 79.9. The van der Waals surface area contributed by atoms with E-state index in [9.17, 15) is 4.39 Å². The molecule has 0 aliphatic heterocycles. The maximum Gasteiger partial charge on any atom is 0.129 e. The SMILES string of the molecule is CNC(c1cnn(C)c1)c1c(F)cccc1Br. The van der Waals surface area contributed by atoms with Gasteiger partial charge in [0.25, 0.3) is 0 Å². The van der Waals surface area contributed by atoms with Crippen LogP contribution in [0.5, 0.6) is 0 Å². The Morgan fingerprint density at radius 3 is 2.76 bits per heavy atom. The average molecular weight is 298 g/mol. The Bertz CT molecular complexity index is 504. The lowest BCUT2D eigenvalue weighted by molar-refractivity contribution is 0.573. The number of halogens is 2. The molecule has 0 spiro atoms. The first-order chi connectivity index (χ1) is 8.13. The Hall–Kier alpha value is -1.20. The summed E-state index contributed by atoms with van der Waals surface area (Å²) in [6.07, 6.45) is 3.61. The minimum atomic E-state index is -0.234. The zero-order valence-electron chi connectivity index (χ0n) is 9.61. The molecule has 0 aliphatic rings. The third-order valence-electron chi connectivity index (χ3n) is 2.64. The maximum atomic E-state index is 13.9. The number of nitrogens with one attached hydrogen (secondary N) is 1. The first kappa shape index (κ1) is 12.3. The molecule has 3 nitrogen and oxygen atoms in total. The van der Waals surface area contributed by atoms with Gasteiger partial charge in [-0.05, 0) is 19.2 Å². The average Bonchev–Trinajstić information content (AvgIpc) is 2.70. The van der Waals surface area contributed by atoms with Gasteiger partial charge in [0, 0.05) is 28.8 Å². The Kier molecular flexibility index (Phi) is 3.59. The van der Waals surface area contributed by atoms with Crippen molar-refractivity contribution >= 4 is 15.9 Å². The van der Waals surface area contributed by atoms with Gasteiger partial charge in [0.2, 0.25) is 0 Å². The standard InChI is InChI=1S/C12H13BrFN3/c1-15-12(8-6-16-17(2)7-8)11-9(13)4-3-5-10(11)14/h3-7,12,15H,1-2H3. The van der Waals surface area contributed by atoms with Crippen molar-refractivity contribution in [3.05, 3.63) is 52.0 Å². The molecule has 0 bridgehead atoms. The monoisotopic (exact) mass is 297 g/mol. The molecule has 90 valence electrons. The van der Waals surface area contributed by atoms with Gasteiger partial charge < -0.3 is 5.32 Å². The summed E-state index contributed by atoms with van der Waals surface area (Å²) in [4.78, 5) is 0. The number of hydrogen-bond acceptors (Lipinski definition) is 2. The molecular weight excluding hydrogens is 285 g/mol. The first-order valence-electron chi connectivity index (χ1n) is 5.23. The van der Waals surface area contributed by atoms with Gasteiger partial charge in [-0.1, -0.05) is 22.0 Å². The minimum Gasteiger partial charge on any atom is -0.309 e. The molecule has 1 aromatic heterocycles. The fraction of sp³-hybridized carbons (Fsp3) is 0.250. The minimum absolute atomic E-state index is 0.209. The lowest BCUT2D eigenvalue weighted by Crippen LogP contribution is -2.19. The van der Waals surface area contributed by atoms with Crippen LogP contribution in [0.25, 0.3) is 0 Å². The van der Waals surface area contributed by atoms with Crippen molar-refractivity contribution in [3.63, 3.8) is 0 Å². The van der Waals surface area contributed by atoms with Crippen LogP contribution in [0.3, 0.4) is 0 Å². The number of benzene rings is 1. The van der Waals surface area contributed by atoms with Crippen LogP contribution in [0.4, 0.5) is 4.39 Å². The molecule has 0 saturated carbocycles. The molecule has 5 heteroatoms. The van der Waals surface area contributed by atoms with E-state index in [2.05, 4.69) is 26.3 Å². The van der Waals surface area contributed by atoms with Gasteiger partial charge in [-0.25, -0.2) is 4.39 Å². The molecule has 0 amide bonds. The highest BCUT2D eigenvalue weighted by Crippen LogP contribution is 2.30. The van der Waals surface area contributed by atoms with Crippen molar-refractivity contribution < 1.29 is 4.39 Å². The second-order valence-corrected chi connectivity index (χ2v) is 4.66. The van der Waals surface area contributed by atoms with Gasteiger partial charge in [0.1, 0.15) is 5.82 Å². The second kappa shape index (κ2) is 4.98. The number of aromatic nitrogens is 2. The van der Waals surface area contributed by atoms with Crippen LogP contribution in [0.1, 0.15) is 17.2 Å². The molecule has 1 heterocycles. The van der Waals surface area contributed by atoms with Crippen molar-refractivity contribution in [2.75, 3.05) is 7.05 Å². The summed E-state index contributed by atoms with van der Waals surface area (Å²) in [5, 5.41) is 7.22. The summed E-state index contributed by atoms with van der Waals surface area (Å²) in [6.45, 7) is 0. The summed E-state index contributed by atoms with van der Waals surface area (Å²) in [7, 11) is 3.64. The van der Waals surface area contributed by atoms with Crippen molar-refractivity contribution in [2.24, 2.45) is 7.05 Å². The quantitative estimate of drug-likeness (QED) is 0.944. The number of hydrogen-bond donors (Lipinski definition) is 1. The summed E-state index contributed by atoms with van der Waals surface area (Å²) >= 11 is 3.39. The number of aryl methyl sites for hydroxylation is 1. The van der Waals surface area contributed by atoms with Gasteiger partial charge >= 0.3 is 0 Å².